The van der Waals surface area contributed by atoms with E-state index in [4.69, 9.17) is 4.74 Å². The van der Waals surface area contributed by atoms with Crippen LogP contribution in [-0.2, 0) is 9.53 Å². The van der Waals surface area contributed by atoms with E-state index in [0.717, 1.165) is 24.9 Å². The molecule has 3 atom stereocenters. The second-order valence-electron chi connectivity index (χ2n) is 5.33. The summed E-state index contributed by atoms with van der Waals surface area (Å²) in [6.07, 6.45) is 5.74. The number of rotatable bonds is 5. The highest BCUT2D eigenvalue weighted by atomic mass is 16.5. The molecule has 5 heteroatoms. The lowest BCUT2D eigenvalue weighted by Gasteiger charge is -2.32. The molecule has 5 nitrogen and oxygen atoms in total. The van der Waals surface area contributed by atoms with Gasteiger partial charge in [-0.1, -0.05) is 6.07 Å². The van der Waals surface area contributed by atoms with Crippen LogP contribution in [0.3, 0.4) is 0 Å². The van der Waals surface area contributed by atoms with Crippen LogP contribution in [-0.4, -0.2) is 46.8 Å². The molecule has 2 heterocycles. The van der Waals surface area contributed by atoms with E-state index in [2.05, 4.69) is 9.88 Å². The van der Waals surface area contributed by atoms with Crippen LogP contribution in [0.1, 0.15) is 37.8 Å². The molecule has 0 aliphatic carbocycles. The van der Waals surface area contributed by atoms with Gasteiger partial charge in [-0.3, -0.25) is 9.88 Å². The van der Waals surface area contributed by atoms with Crippen molar-refractivity contribution in [2.24, 2.45) is 0 Å². The van der Waals surface area contributed by atoms with Crippen LogP contribution in [0, 0.1) is 0 Å². The van der Waals surface area contributed by atoms with E-state index in [1.54, 1.807) is 19.3 Å². The van der Waals surface area contributed by atoms with Crippen molar-refractivity contribution in [2.45, 2.75) is 44.4 Å². The first-order valence-electron chi connectivity index (χ1n) is 7.05. The van der Waals surface area contributed by atoms with Crippen molar-refractivity contribution >= 4 is 5.97 Å². The maximum Gasteiger partial charge on any atom is 0.327 e. The second-order valence-corrected chi connectivity index (χ2v) is 5.33. The van der Waals surface area contributed by atoms with E-state index >= 15 is 0 Å². The molecule has 0 aromatic carbocycles. The van der Waals surface area contributed by atoms with E-state index in [-0.39, 0.29) is 18.1 Å². The lowest BCUT2D eigenvalue weighted by atomic mass is 10.0. The van der Waals surface area contributed by atoms with Crippen molar-refractivity contribution in [2.75, 3.05) is 13.7 Å². The van der Waals surface area contributed by atoms with Gasteiger partial charge in [0, 0.05) is 18.4 Å². The summed E-state index contributed by atoms with van der Waals surface area (Å²) < 4.78 is 4.96. The number of ether oxygens (including phenoxy) is 1. The van der Waals surface area contributed by atoms with Gasteiger partial charge in [-0.05, 0) is 44.4 Å². The molecule has 1 saturated heterocycles. The summed E-state index contributed by atoms with van der Waals surface area (Å²) in [5.74, 6) is -0.268. The molecule has 1 aliphatic heterocycles. The molecule has 3 unspecified atom stereocenters. The molecule has 0 radical (unpaired) electrons. The monoisotopic (exact) mass is 278 g/mol. The predicted octanol–water partition coefficient (Wildman–Crippen LogP) is 1.53. The molecule has 0 amide bonds. The highest BCUT2D eigenvalue weighted by Crippen LogP contribution is 2.32. The van der Waals surface area contributed by atoms with Gasteiger partial charge in [-0.2, -0.15) is 0 Å². The Morgan fingerprint density at radius 3 is 3.05 bits per heavy atom. The largest absolute Gasteiger partial charge is 0.468 e. The first-order chi connectivity index (χ1) is 9.63. The maximum absolute atomic E-state index is 12.2. The van der Waals surface area contributed by atoms with E-state index in [1.807, 2.05) is 12.1 Å². The quantitative estimate of drug-likeness (QED) is 0.828. The van der Waals surface area contributed by atoms with Gasteiger partial charge in [-0.25, -0.2) is 4.79 Å². The third-order valence-corrected chi connectivity index (χ3v) is 3.79. The fraction of sp³-hybridized carbons (Fsp3) is 0.600. The van der Waals surface area contributed by atoms with E-state index in [9.17, 15) is 9.90 Å². The summed E-state index contributed by atoms with van der Waals surface area (Å²) in [6.45, 7) is 2.62. The molecule has 1 fully saturated rings. The molecule has 0 spiro atoms. The number of aliphatic hydroxyl groups is 1. The smallest absolute Gasteiger partial charge is 0.327 e. The average molecular weight is 278 g/mol. The molecule has 0 bridgehead atoms. The molecule has 20 heavy (non-hydrogen) atoms. The summed E-state index contributed by atoms with van der Waals surface area (Å²) in [5.41, 5.74) is 0.844. The number of nitrogens with zero attached hydrogens (tertiary/aromatic N) is 2. The van der Waals surface area contributed by atoms with Gasteiger partial charge in [-0.15, -0.1) is 0 Å². The van der Waals surface area contributed by atoms with Gasteiger partial charge in [0.2, 0.25) is 0 Å². The standard InChI is InChI=1S/C15H22N2O3/c1-11(18)9-13-6-4-8-17(13)14(15(19)20-2)12-5-3-7-16-10-12/h3,5,7,10-11,13-14,18H,4,6,8-9H2,1-2H3. The van der Waals surface area contributed by atoms with Crippen molar-refractivity contribution in [1.82, 2.24) is 9.88 Å². The number of likely N-dealkylation sites (tertiary alicyclic amines) is 1. The molecule has 1 aromatic heterocycles. The van der Waals surface area contributed by atoms with Crippen molar-refractivity contribution < 1.29 is 14.6 Å². The minimum atomic E-state index is -0.431. The Balaban J connectivity index is 2.24. The zero-order valence-corrected chi connectivity index (χ0v) is 12.0. The average Bonchev–Trinajstić information content (AvgIpc) is 2.87. The minimum absolute atomic E-state index is 0.208. The zero-order valence-electron chi connectivity index (χ0n) is 12.0. The van der Waals surface area contributed by atoms with Crippen molar-refractivity contribution in [3.8, 4) is 0 Å². The molecule has 110 valence electrons. The molecule has 1 aliphatic rings. The van der Waals surface area contributed by atoms with Crippen molar-refractivity contribution in [1.29, 1.82) is 0 Å². The minimum Gasteiger partial charge on any atom is -0.468 e. The number of hydrogen-bond acceptors (Lipinski definition) is 5. The number of aliphatic hydroxyl groups excluding tert-OH is 1. The normalized spacial score (nSPS) is 22.4. The van der Waals surface area contributed by atoms with Crippen LogP contribution in [0.2, 0.25) is 0 Å². The van der Waals surface area contributed by atoms with E-state index < -0.39 is 6.04 Å². The highest BCUT2D eigenvalue weighted by molar-refractivity contribution is 5.77. The Kier molecular flexibility index (Phi) is 5.09. The SMILES string of the molecule is COC(=O)C(c1cccnc1)N1CCCC1CC(C)O. The number of carbonyl (C=O) groups excluding carboxylic acids is 1. The van der Waals surface area contributed by atoms with Gasteiger partial charge in [0.1, 0.15) is 6.04 Å². The predicted molar refractivity (Wildman–Crippen MR) is 75.0 cm³/mol. The number of esters is 1. The third-order valence-electron chi connectivity index (χ3n) is 3.79. The summed E-state index contributed by atoms with van der Waals surface area (Å²) in [5, 5.41) is 9.62. The molecule has 0 saturated carbocycles. The van der Waals surface area contributed by atoms with Crippen LogP contribution < -0.4 is 0 Å². The van der Waals surface area contributed by atoms with E-state index in [0.29, 0.717) is 6.42 Å². The lowest BCUT2D eigenvalue weighted by molar-refractivity contribution is -0.148. The second kappa shape index (κ2) is 6.81. The van der Waals surface area contributed by atoms with Crippen LogP contribution >= 0.6 is 0 Å². The molecule has 1 aromatic rings. The van der Waals surface area contributed by atoms with E-state index in [1.165, 1.54) is 7.11 Å². The Labute approximate surface area is 119 Å². The Morgan fingerprint density at radius 2 is 2.45 bits per heavy atom. The number of pyridine rings is 1. The summed E-state index contributed by atoms with van der Waals surface area (Å²) in [7, 11) is 1.41. The molecular weight excluding hydrogens is 256 g/mol. The number of hydrogen-bond donors (Lipinski definition) is 1. The first kappa shape index (κ1) is 14.9. The fourth-order valence-corrected chi connectivity index (χ4v) is 2.96. The summed E-state index contributed by atoms with van der Waals surface area (Å²) in [6, 6.07) is 3.50. The van der Waals surface area contributed by atoms with Crippen LogP contribution in [0.25, 0.3) is 0 Å². The first-order valence-corrected chi connectivity index (χ1v) is 7.05. The molecule has 1 N–H and O–H groups in total. The Bertz CT molecular complexity index is 436. The van der Waals surface area contributed by atoms with Crippen LogP contribution in [0.15, 0.2) is 24.5 Å². The zero-order chi connectivity index (χ0) is 14.5. The van der Waals surface area contributed by atoms with Crippen LogP contribution in [0.5, 0.6) is 0 Å². The number of carbonyl (C=O) groups is 1. The fourth-order valence-electron chi connectivity index (χ4n) is 2.96. The number of methoxy groups -OCH3 is 1. The highest BCUT2D eigenvalue weighted by Gasteiger charge is 2.36. The third kappa shape index (κ3) is 3.35. The number of aromatic nitrogens is 1. The van der Waals surface area contributed by atoms with Crippen molar-refractivity contribution in [3.05, 3.63) is 30.1 Å². The van der Waals surface area contributed by atoms with Gasteiger partial charge in [0.05, 0.1) is 13.2 Å². The topological polar surface area (TPSA) is 62.7 Å². The van der Waals surface area contributed by atoms with Gasteiger partial charge < -0.3 is 9.84 Å². The van der Waals surface area contributed by atoms with Crippen LogP contribution in [0.4, 0.5) is 0 Å². The maximum atomic E-state index is 12.2. The van der Waals surface area contributed by atoms with Gasteiger partial charge >= 0.3 is 5.97 Å². The van der Waals surface area contributed by atoms with Gasteiger partial charge in [0.15, 0.2) is 0 Å². The Hall–Kier alpha value is -1.46. The molecular formula is C15H22N2O3. The lowest BCUT2D eigenvalue weighted by Crippen LogP contribution is -2.39. The Morgan fingerprint density at radius 1 is 1.65 bits per heavy atom. The summed E-state index contributed by atoms with van der Waals surface area (Å²) in [4.78, 5) is 18.4. The van der Waals surface area contributed by atoms with Crippen molar-refractivity contribution in [3.63, 3.8) is 0 Å². The summed E-state index contributed by atoms with van der Waals surface area (Å²) >= 11 is 0. The molecule has 2 rings (SSSR count). The van der Waals surface area contributed by atoms with Gasteiger partial charge in [0.25, 0.3) is 0 Å².